The molecule has 112 valence electrons. The van der Waals surface area contributed by atoms with Crippen LogP contribution in [0.5, 0.6) is 0 Å². The number of thioether (sulfide) groups is 1. The first kappa shape index (κ1) is 15.9. The number of carbonyl (C=O) groups is 1. The number of benzene rings is 1. The van der Waals surface area contributed by atoms with E-state index in [1.165, 1.54) is 6.08 Å². The molecule has 1 aromatic carbocycles. The summed E-state index contributed by atoms with van der Waals surface area (Å²) in [7, 11) is 0. The maximum absolute atomic E-state index is 12.0. The summed E-state index contributed by atoms with van der Waals surface area (Å²) < 4.78 is 5.13. The van der Waals surface area contributed by atoms with E-state index in [9.17, 15) is 4.79 Å². The molecule has 0 saturated carbocycles. The van der Waals surface area contributed by atoms with Crippen LogP contribution >= 0.6 is 11.8 Å². The van der Waals surface area contributed by atoms with Crippen LogP contribution in [0.25, 0.3) is 6.08 Å². The molecule has 22 heavy (non-hydrogen) atoms. The molecular formula is C17H16N2O2S. The molecule has 0 aliphatic carbocycles. The van der Waals surface area contributed by atoms with Crippen LogP contribution in [0.15, 0.2) is 58.1 Å². The van der Waals surface area contributed by atoms with E-state index in [1.54, 1.807) is 36.2 Å². The van der Waals surface area contributed by atoms with Gasteiger partial charge in [-0.25, -0.2) is 0 Å². The van der Waals surface area contributed by atoms with Crippen molar-refractivity contribution >= 4 is 29.4 Å². The summed E-state index contributed by atoms with van der Waals surface area (Å²) >= 11 is 1.56. The first-order chi connectivity index (χ1) is 10.7. The normalized spacial score (nSPS) is 12.0. The first-order valence-corrected chi connectivity index (χ1v) is 7.81. The van der Waals surface area contributed by atoms with Crippen molar-refractivity contribution in [1.29, 1.82) is 5.26 Å². The van der Waals surface area contributed by atoms with Crippen LogP contribution in [-0.2, 0) is 4.79 Å². The lowest BCUT2D eigenvalue weighted by atomic mass is 10.3. The zero-order chi connectivity index (χ0) is 15.8. The van der Waals surface area contributed by atoms with Crippen molar-refractivity contribution in [2.45, 2.75) is 11.8 Å². The van der Waals surface area contributed by atoms with Crippen molar-refractivity contribution in [3.05, 3.63) is 54.5 Å². The van der Waals surface area contributed by atoms with Crippen LogP contribution in [-0.4, -0.2) is 11.7 Å². The van der Waals surface area contributed by atoms with E-state index in [0.717, 1.165) is 10.6 Å². The second-order valence-electron chi connectivity index (χ2n) is 4.68. The highest BCUT2D eigenvalue weighted by molar-refractivity contribution is 7.99. The van der Waals surface area contributed by atoms with Gasteiger partial charge in [-0.1, -0.05) is 12.1 Å². The van der Waals surface area contributed by atoms with Gasteiger partial charge in [-0.05, 0) is 37.3 Å². The third-order valence-electron chi connectivity index (χ3n) is 2.80. The highest BCUT2D eigenvalue weighted by atomic mass is 32.2. The molecule has 0 saturated heterocycles. The smallest absolute Gasteiger partial charge is 0.248 e. The fourth-order valence-corrected chi connectivity index (χ4v) is 2.62. The number of nitrogens with one attached hydrogen (secondary N) is 1. The molecule has 4 nitrogen and oxygen atoms in total. The number of amides is 1. The van der Waals surface area contributed by atoms with E-state index in [2.05, 4.69) is 11.4 Å². The molecule has 0 bridgehead atoms. The van der Waals surface area contributed by atoms with Crippen LogP contribution in [0.3, 0.4) is 0 Å². The summed E-state index contributed by atoms with van der Waals surface area (Å²) in [6.45, 7) is 1.88. The number of rotatable bonds is 6. The van der Waals surface area contributed by atoms with Crippen LogP contribution in [0.2, 0.25) is 0 Å². The molecule has 0 radical (unpaired) electrons. The highest BCUT2D eigenvalue weighted by Crippen LogP contribution is 2.28. The Morgan fingerprint density at radius 3 is 2.95 bits per heavy atom. The number of hydrogen-bond acceptors (Lipinski definition) is 4. The Morgan fingerprint density at radius 2 is 2.23 bits per heavy atom. The fourth-order valence-electron chi connectivity index (χ4n) is 1.67. The number of hydrogen-bond donors (Lipinski definition) is 1. The van der Waals surface area contributed by atoms with Crippen molar-refractivity contribution in [2.24, 2.45) is 5.92 Å². The highest BCUT2D eigenvalue weighted by Gasteiger charge is 2.07. The lowest BCUT2D eigenvalue weighted by Crippen LogP contribution is -2.08. The summed E-state index contributed by atoms with van der Waals surface area (Å²) in [6, 6.07) is 13.3. The number of carbonyl (C=O) groups excluding carboxylic acids is 1. The molecule has 0 fully saturated rings. The minimum atomic E-state index is -0.224. The zero-order valence-electron chi connectivity index (χ0n) is 12.2. The predicted molar refractivity (Wildman–Crippen MR) is 88.3 cm³/mol. The fraction of sp³-hybridized carbons (Fsp3) is 0.176. The summed E-state index contributed by atoms with van der Waals surface area (Å²) in [5.41, 5.74) is 0.742. The molecule has 0 spiro atoms. The van der Waals surface area contributed by atoms with Gasteiger partial charge in [0.15, 0.2) is 0 Å². The summed E-state index contributed by atoms with van der Waals surface area (Å²) in [6.07, 6.45) is 4.60. The van der Waals surface area contributed by atoms with Crippen LogP contribution < -0.4 is 5.32 Å². The van der Waals surface area contributed by atoms with Crippen molar-refractivity contribution in [1.82, 2.24) is 0 Å². The Hall–Kier alpha value is -2.45. The summed E-state index contributed by atoms with van der Waals surface area (Å²) in [5.74, 6) is 1.05. The number of para-hydroxylation sites is 1. The van der Waals surface area contributed by atoms with Gasteiger partial charge in [0.1, 0.15) is 5.76 Å². The topological polar surface area (TPSA) is 66.0 Å². The average molecular weight is 312 g/mol. The SMILES string of the molecule is C[C@@H](C#N)CSc1ccccc1NC(=O)/C=C\c1ccco1. The third kappa shape index (κ3) is 4.83. The van der Waals surface area contributed by atoms with Crippen molar-refractivity contribution < 1.29 is 9.21 Å². The standard InChI is InChI=1S/C17H16N2O2S/c1-13(11-18)12-22-16-7-3-2-6-15(16)19-17(20)9-8-14-5-4-10-21-14/h2-10,13H,12H2,1H3,(H,19,20)/b9-8-/t13-/m0/s1. The Labute approximate surface area is 133 Å². The zero-order valence-corrected chi connectivity index (χ0v) is 13.0. The number of nitriles is 1. The van der Waals surface area contributed by atoms with Gasteiger partial charge in [-0.2, -0.15) is 5.26 Å². The molecule has 5 heteroatoms. The molecule has 0 aliphatic heterocycles. The average Bonchev–Trinajstić information content (AvgIpc) is 3.05. The van der Waals surface area contributed by atoms with E-state index in [4.69, 9.17) is 9.68 Å². The lowest BCUT2D eigenvalue weighted by molar-refractivity contribution is -0.111. The molecule has 1 aromatic heterocycles. The second-order valence-corrected chi connectivity index (χ2v) is 5.74. The van der Waals surface area contributed by atoms with Crippen LogP contribution in [0.4, 0.5) is 5.69 Å². The van der Waals surface area contributed by atoms with Gasteiger partial charge in [-0.3, -0.25) is 4.79 Å². The predicted octanol–water partition coefficient (Wildman–Crippen LogP) is 4.18. The van der Waals surface area contributed by atoms with E-state index in [-0.39, 0.29) is 11.8 Å². The Bertz CT molecular complexity index is 687. The molecule has 1 atom stereocenters. The van der Waals surface area contributed by atoms with E-state index >= 15 is 0 Å². The van der Waals surface area contributed by atoms with Gasteiger partial charge in [0.2, 0.25) is 5.91 Å². The second kappa shape index (κ2) is 8.11. The van der Waals surface area contributed by atoms with Crippen molar-refractivity contribution in [3.63, 3.8) is 0 Å². The molecule has 2 rings (SSSR count). The van der Waals surface area contributed by atoms with Gasteiger partial charge in [-0.15, -0.1) is 11.8 Å². The minimum Gasteiger partial charge on any atom is -0.465 e. The molecule has 1 heterocycles. The van der Waals surface area contributed by atoms with E-state index in [1.807, 2.05) is 31.2 Å². The first-order valence-electron chi connectivity index (χ1n) is 6.83. The largest absolute Gasteiger partial charge is 0.465 e. The number of furan rings is 1. The number of anilines is 1. The maximum Gasteiger partial charge on any atom is 0.248 e. The monoisotopic (exact) mass is 312 g/mol. The Morgan fingerprint density at radius 1 is 1.41 bits per heavy atom. The van der Waals surface area contributed by atoms with E-state index in [0.29, 0.717) is 11.5 Å². The molecule has 2 aromatic rings. The summed E-state index contributed by atoms with van der Waals surface area (Å²) in [4.78, 5) is 12.9. The van der Waals surface area contributed by atoms with Gasteiger partial charge < -0.3 is 9.73 Å². The van der Waals surface area contributed by atoms with Gasteiger partial charge >= 0.3 is 0 Å². The minimum absolute atomic E-state index is 0.0346. The van der Waals surface area contributed by atoms with E-state index < -0.39 is 0 Å². The number of nitrogens with zero attached hydrogens (tertiary/aromatic N) is 1. The molecule has 1 amide bonds. The third-order valence-corrected chi connectivity index (χ3v) is 4.13. The maximum atomic E-state index is 12.0. The van der Waals surface area contributed by atoms with Crippen molar-refractivity contribution in [3.8, 4) is 6.07 Å². The summed E-state index contributed by atoms with van der Waals surface area (Å²) in [5, 5.41) is 11.7. The molecule has 0 aliphatic rings. The molecule has 1 N–H and O–H groups in total. The van der Waals surface area contributed by atoms with Gasteiger partial charge in [0.25, 0.3) is 0 Å². The molecular weight excluding hydrogens is 296 g/mol. The van der Waals surface area contributed by atoms with Crippen LogP contribution in [0, 0.1) is 17.2 Å². The van der Waals surface area contributed by atoms with Crippen molar-refractivity contribution in [2.75, 3.05) is 11.1 Å². The van der Waals surface area contributed by atoms with Gasteiger partial charge in [0.05, 0.1) is 23.9 Å². The van der Waals surface area contributed by atoms with Crippen LogP contribution in [0.1, 0.15) is 12.7 Å². The Kier molecular flexibility index (Phi) is 5.87. The Balaban J connectivity index is 2.00. The quantitative estimate of drug-likeness (QED) is 0.642. The molecule has 0 unspecified atom stereocenters. The lowest BCUT2D eigenvalue weighted by Gasteiger charge is -2.09. The van der Waals surface area contributed by atoms with Gasteiger partial charge in [0, 0.05) is 16.7 Å².